The minimum Gasteiger partial charge on any atom is -0.453 e. The number of benzene rings is 2. The molecule has 0 radical (unpaired) electrons. The maximum atomic E-state index is 13.5. The molecule has 1 aliphatic rings. The summed E-state index contributed by atoms with van der Waals surface area (Å²) < 4.78 is 91.0. The van der Waals surface area contributed by atoms with Crippen LogP contribution in [0.4, 0.5) is 41.6 Å². The van der Waals surface area contributed by atoms with Crippen LogP contribution in [0.2, 0.25) is 0 Å². The van der Waals surface area contributed by atoms with E-state index in [-0.39, 0.29) is 30.6 Å². The number of fused-ring (bicyclic) bond motifs is 1. The van der Waals surface area contributed by atoms with Crippen molar-refractivity contribution in [2.75, 3.05) is 18.6 Å². The van der Waals surface area contributed by atoms with E-state index in [1.165, 1.54) is 4.90 Å². The molecule has 0 spiro atoms. The Balaban J connectivity index is 2.17. The summed E-state index contributed by atoms with van der Waals surface area (Å²) in [6.07, 6.45) is -11.5. The van der Waals surface area contributed by atoms with Crippen molar-refractivity contribution in [1.82, 2.24) is 4.90 Å². The molecular weight excluding hydrogens is 530 g/mol. The van der Waals surface area contributed by atoms with Crippen molar-refractivity contribution in [3.63, 3.8) is 0 Å². The fourth-order valence-electron chi connectivity index (χ4n) is 4.70. The zero-order chi connectivity index (χ0) is 29.3. The number of hydrogen-bond acceptors (Lipinski definition) is 4. The molecule has 12 heteroatoms. The SMILES string of the molecule is CCOC(=O)N1c2ccc(C(C)C)cc2[C@H](N(Cc2cc(C(F)(F)F)cc(C(F)(F)F)c2)C(=O)OC)C[C@@H]1C. The van der Waals surface area contributed by atoms with Crippen LogP contribution in [0.1, 0.15) is 73.9 Å². The fourth-order valence-corrected chi connectivity index (χ4v) is 4.70. The van der Waals surface area contributed by atoms with E-state index in [4.69, 9.17) is 9.47 Å². The first-order valence-electron chi connectivity index (χ1n) is 12.3. The average Bonchev–Trinajstić information content (AvgIpc) is 2.85. The minimum absolute atomic E-state index is 0.0378. The van der Waals surface area contributed by atoms with Crippen LogP contribution in [0.25, 0.3) is 0 Å². The summed E-state index contributed by atoms with van der Waals surface area (Å²) >= 11 is 0. The molecule has 0 aliphatic carbocycles. The predicted octanol–water partition coefficient (Wildman–Crippen LogP) is 7.91. The lowest BCUT2D eigenvalue weighted by atomic mass is 9.87. The number of carbonyl (C=O) groups is 2. The second-order valence-corrected chi connectivity index (χ2v) is 9.65. The van der Waals surface area contributed by atoms with Crippen LogP contribution in [0.3, 0.4) is 0 Å². The van der Waals surface area contributed by atoms with Crippen LogP contribution in [-0.4, -0.2) is 36.8 Å². The Labute approximate surface area is 222 Å². The molecule has 2 atom stereocenters. The molecule has 0 bridgehead atoms. The highest BCUT2D eigenvalue weighted by Gasteiger charge is 2.41. The number of rotatable bonds is 5. The highest BCUT2D eigenvalue weighted by atomic mass is 19.4. The molecule has 2 aromatic carbocycles. The molecule has 0 saturated heterocycles. The first-order valence-corrected chi connectivity index (χ1v) is 12.3. The van der Waals surface area contributed by atoms with Gasteiger partial charge in [0.2, 0.25) is 0 Å². The van der Waals surface area contributed by atoms with Crippen LogP contribution in [0.15, 0.2) is 36.4 Å². The van der Waals surface area contributed by atoms with E-state index < -0.39 is 54.3 Å². The molecule has 0 fully saturated rings. The Bertz CT molecular complexity index is 1180. The lowest BCUT2D eigenvalue weighted by molar-refractivity contribution is -0.143. The minimum atomic E-state index is -5.04. The van der Waals surface area contributed by atoms with Gasteiger partial charge >= 0.3 is 24.5 Å². The lowest BCUT2D eigenvalue weighted by Crippen LogP contribution is -2.47. The quantitative estimate of drug-likeness (QED) is 0.349. The van der Waals surface area contributed by atoms with Gasteiger partial charge < -0.3 is 9.47 Å². The van der Waals surface area contributed by atoms with Gasteiger partial charge in [-0.15, -0.1) is 0 Å². The number of methoxy groups -OCH3 is 1. The maximum Gasteiger partial charge on any atom is 0.416 e. The first kappa shape index (κ1) is 30.1. The molecule has 0 saturated carbocycles. The molecule has 1 aliphatic heterocycles. The van der Waals surface area contributed by atoms with E-state index >= 15 is 0 Å². The van der Waals surface area contributed by atoms with Crippen LogP contribution in [0.5, 0.6) is 0 Å². The molecule has 0 aromatic heterocycles. The molecule has 39 heavy (non-hydrogen) atoms. The van der Waals surface area contributed by atoms with Gasteiger partial charge in [-0.2, -0.15) is 26.3 Å². The van der Waals surface area contributed by atoms with E-state index in [1.54, 1.807) is 26.0 Å². The molecule has 0 unspecified atom stereocenters. The smallest absolute Gasteiger partial charge is 0.416 e. The van der Waals surface area contributed by atoms with Gasteiger partial charge in [-0.1, -0.05) is 26.0 Å². The zero-order valence-electron chi connectivity index (χ0n) is 22.1. The summed E-state index contributed by atoms with van der Waals surface area (Å²) in [5.74, 6) is 0.0516. The van der Waals surface area contributed by atoms with Crippen molar-refractivity contribution in [3.8, 4) is 0 Å². The van der Waals surface area contributed by atoms with Gasteiger partial charge in [0.1, 0.15) is 0 Å². The monoisotopic (exact) mass is 560 g/mol. The van der Waals surface area contributed by atoms with E-state index in [2.05, 4.69) is 0 Å². The zero-order valence-corrected chi connectivity index (χ0v) is 22.1. The van der Waals surface area contributed by atoms with Gasteiger partial charge in [-0.3, -0.25) is 9.80 Å². The van der Waals surface area contributed by atoms with Gasteiger partial charge in [-0.05, 0) is 67.1 Å². The molecule has 214 valence electrons. The number of amides is 2. The molecule has 2 amide bonds. The van der Waals surface area contributed by atoms with Crippen molar-refractivity contribution < 1.29 is 45.4 Å². The summed E-state index contributed by atoms with van der Waals surface area (Å²) in [6.45, 7) is 6.76. The second kappa shape index (κ2) is 11.4. The number of halogens is 6. The number of ether oxygens (including phenoxy) is 2. The largest absolute Gasteiger partial charge is 0.453 e. The van der Waals surface area contributed by atoms with Gasteiger partial charge in [0.25, 0.3) is 0 Å². The molecular formula is C27H30F6N2O4. The third-order valence-corrected chi connectivity index (χ3v) is 6.59. The van der Waals surface area contributed by atoms with E-state index in [1.807, 2.05) is 19.9 Å². The van der Waals surface area contributed by atoms with Crippen LogP contribution in [-0.2, 0) is 28.4 Å². The highest BCUT2D eigenvalue weighted by molar-refractivity contribution is 5.90. The first-order chi connectivity index (χ1) is 18.1. The van der Waals surface area contributed by atoms with Crippen molar-refractivity contribution in [2.45, 2.75) is 71.0 Å². The van der Waals surface area contributed by atoms with Gasteiger partial charge in [0, 0.05) is 12.6 Å². The van der Waals surface area contributed by atoms with Crippen LogP contribution in [0, 0.1) is 0 Å². The Kier molecular flexibility index (Phi) is 8.76. The van der Waals surface area contributed by atoms with Crippen molar-refractivity contribution >= 4 is 17.9 Å². The Morgan fingerprint density at radius 3 is 2.10 bits per heavy atom. The van der Waals surface area contributed by atoms with E-state index in [0.717, 1.165) is 17.6 Å². The summed E-state index contributed by atoms with van der Waals surface area (Å²) in [5, 5.41) is 0. The van der Waals surface area contributed by atoms with Crippen molar-refractivity contribution in [1.29, 1.82) is 0 Å². The van der Waals surface area contributed by atoms with Gasteiger partial charge in [0.05, 0.1) is 36.6 Å². The maximum absolute atomic E-state index is 13.5. The number of hydrogen-bond donors (Lipinski definition) is 0. The Morgan fingerprint density at radius 2 is 1.62 bits per heavy atom. The Hall–Kier alpha value is -3.44. The normalized spacial score (nSPS) is 17.6. The molecule has 1 heterocycles. The third-order valence-electron chi connectivity index (χ3n) is 6.59. The fraction of sp³-hybridized carbons (Fsp3) is 0.481. The lowest BCUT2D eigenvalue weighted by Gasteiger charge is -2.42. The number of nitrogens with zero attached hydrogens (tertiary/aromatic N) is 2. The third kappa shape index (κ3) is 6.59. The molecule has 3 rings (SSSR count). The number of alkyl halides is 6. The summed E-state index contributed by atoms with van der Waals surface area (Å²) in [5.41, 5.74) is -1.54. The van der Waals surface area contributed by atoms with Gasteiger partial charge in [-0.25, -0.2) is 9.59 Å². The Morgan fingerprint density at radius 1 is 1.03 bits per heavy atom. The van der Waals surface area contributed by atoms with Crippen LogP contribution < -0.4 is 4.90 Å². The van der Waals surface area contributed by atoms with E-state index in [9.17, 15) is 35.9 Å². The number of carbonyl (C=O) groups excluding carboxylic acids is 2. The summed E-state index contributed by atoms with van der Waals surface area (Å²) in [4.78, 5) is 28.3. The predicted molar refractivity (Wildman–Crippen MR) is 131 cm³/mol. The van der Waals surface area contributed by atoms with Crippen LogP contribution >= 0.6 is 0 Å². The topological polar surface area (TPSA) is 59.1 Å². The summed E-state index contributed by atoms with van der Waals surface area (Å²) in [6, 6.07) is 5.17. The van der Waals surface area contributed by atoms with Crippen molar-refractivity contribution in [3.05, 3.63) is 64.2 Å². The number of anilines is 1. The summed E-state index contributed by atoms with van der Waals surface area (Å²) in [7, 11) is 1.07. The highest BCUT2D eigenvalue weighted by Crippen LogP contribution is 2.43. The molecule has 6 nitrogen and oxygen atoms in total. The molecule has 0 N–H and O–H groups in total. The standard InChI is InChI=1S/C27H30F6N2O4/c1-6-39-25(37)35-16(4)9-23(21-12-18(15(2)3)7-8-22(21)35)34(24(36)38-5)14-17-10-19(26(28,29)30)13-20(11-17)27(31,32)33/h7-8,10-13,15-16,23H,6,9,14H2,1-5H3/t16-,23+/m0/s1. The average molecular weight is 561 g/mol. The van der Waals surface area contributed by atoms with Gasteiger partial charge in [0.15, 0.2) is 0 Å². The second-order valence-electron chi connectivity index (χ2n) is 9.65. The molecule has 2 aromatic rings. The van der Waals surface area contributed by atoms with E-state index in [0.29, 0.717) is 23.4 Å². The van der Waals surface area contributed by atoms with Crippen molar-refractivity contribution in [2.24, 2.45) is 0 Å².